The molecule has 4 rings (SSSR count). The number of carbonyl (C=O) groups is 1. The van der Waals surface area contributed by atoms with Gasteiger partial charge in [-0.05, 0) is 18.4 Å². The van der Waals surface area contributed by atoms with Crippen molar-refractivity contribution in [1.29, 1.82) is 0 Å². The highest BCUT2D eigenvalue weighted by Gasteiger charge is 2.24. The molecule has 3 aromatic heterocycles. The molecule has 1 amide bonds. The Bertz CT molecular complexity index is 835. The standard InChI is InChI=1S/C15H16N6OS/c1-11-17-13-9-16-10-14(21(13)18-11)19-4-6-20(7-5-19)15(22)12-3-2-8-23-12/h2-3,8-10H,4-7H2,1H3. The van der Waals surface area contributed by atoms with Crippen LogP contribution in [0.3, 0.4) is 0 Å². The van der Waals surface area contributed by atoms with Crippen LogP contribution in [0.15, 0.2) is 29.9 Å². The van der Waals surface area contributed by atoms with E-state index in [1.165, 1.54) is 11.3 Å². The van der Waals surface area contributed by atoms with Crippen molar-refractivity contribution >= 4 is 28.7 Å². The van der Waals surface area contributed by atoms with Crippen LogP contribution in [0.4, 0.5) is 5.82 Å². The van der Waals surface area contributed by atoms with Crippen LogP contribution in [0.2, 0.25) is 0 Å². The number of amides is 1. The number of rotatable bonds is 2. The smallest absolute Gasteiger partial charge is 0.264 e. The van der Waals surface area contributed by atoms with Gasteiger partial charge >= 0.3 is 0 Å². The number of anilines is 1. The highest BCUT2D eigenvalue weighted by atomic mass is 32.1. The number of aryl methyl sites for hydroxylation is 1. The Kier molecular flexibility index (Phi) is 3.45. The average molecular weight is 328 g/mol. The quantitative estimate of drug-likeness (QED) is 0.712. The summed E-state index contributed by atoms with van der Waals surface area (Å²) >= 11 is 1.49. The van der Waals surface area contributed by atoms with Gasteiger partial charge in [0.2, 0.25) is 0 Å². The number of carbonyl (C=O) groups excluding carboxylic acids is 1. The fourth-order valence-corrected chi connectivity index (χ4v) is 3.51. The molecule has 4 heterocycles. The molecule has 1 fully saturated rings. The second kappa shape index (κ2) is 5.62. The van der Waals surface area contributed by atoms with Crippen molar-refractivity contribution < 1.29 is 4.79 Å². The van der Waals surface area contributed by atoms with E-state index in [9.17, 15) is 4.79 Å². The molecule has 0 aliphatic carbocycles. The number of piperazine rings is 1. The van der Waals surface area contributed by atoms with Gasteiger partial charge in [-0.15, -0.1) is 16.4 Å². The third-order valence-corrected chi connectivity index (χ3v) is 4.82. The van der Waals surface area contributed by atoms with Crippen LogP contribution in [0.25, 0.3) is 5.65 Å². The summed E-state index contributed by atoms with van der Waals surface area (Å²) in [5.41, 5.74) is 0.747. The van der Waals surface area contributed by atoms with Gasteiger partial charge in [0, 0.05) is 26.2 Å². The zero-order valence-electron chi connectivity index (χ0n) is 12.7. The van der Waals surface area contributed by atoms with Crippen molar-refractivity contribution in [1.82, 2.24) is 24.5 Å². The van der Waals surface area contributed by atoms with E-state index in [0.717, 1.165) is 35.3 Å². The molecule has 0 spiro atoms. The maximum absolute atomic E-state index is 12.4. The van der Waals surface area contributed by atoms with E-state index in [4.69, 9.17) is 0 Å². The van der Waals surface area contributed by atoms with E-state index in [0.29, 0.717) is 13.1 Å². The summed E-state index contributed by atoms with van der Waals surface area (Å²) in [7, 11) is 0. The van der Waals surface area contributed by atoms with Crippen molar-refractivity contribution in [2.24, 2.45) is 0 Å². The summed E-state index contributed by atoms with van der Waals surface area (Å²) in [5.74, 6) is 1.77. The van der Waals surface area contributed by atoms with Gasteiger partial charge in [-0.25, -0.2) is 4.98 Å². The molecule has 0 N–H and O–H groups in total. The molecule has 1 saturated heterocycles. The van der Waals surface area contributed by atoms with Gasteiger partial charge in [-0.2, -0.15) is 4.52 Å². The number of nitrogens with zero attached hydrogens (tertiary/aromatic N) is 6. The van der Waals surface area contributed by atoms with E-state index in [1.54, 1.807) is 12.4 Å². The van der Waals surface area contributed by atoms with Crippen LogP contribution >= 0.6 is 11.3 Å². The predicted molar refractivity (Wildman–Crippen MR) is 88.0 cm³/mol. The number of thiophene rings is 1. The largest absolute Gasteiger partial charge is 0.352 e. The molecular formula is C15H16N6OS. The van der Waals surface area contributed by atoms with Crippen LogP contribution in [-0.2, 0) is 0 Å². The van der Waals surface area contributed by atoms with E-state index in [1.807, 2.05) is 33.9 Å². The Morgan fingerprint density at radius 3 is 2.78 bits per heavy atom. The van der Waals surface area contributed by atoms with E-state index < -0.39 is 0 Å². The monoisotopic (exact) mass is 328 g/mol. The summed E-state index contributed by atoms with van der Waals surface area (Å²) in [5, 5.41) is 6.36. The Labute approximate surface area is 137 Å². The van der Waals surface area contributed by atoms with Crippen molar-refractivity contribution in [3.8, 4) is 0 Å². The maximum Gasteiger partial charge on any atom is 0.264 e. The fourth-order valence-electron chi connectivity index (χ4n) is 2.82. The molecule has 3 aromatic rings. The Balaban J connectivity index is 1.52. The van der Waals surface area contributed by atoms with Crippen LogP contribution in [0.1, 0.15) is 15.5 Å². The molecule has 8 heteroatoms. The van der Waals surface area contributed by atoms with E-state index in [2.05, 4.69) is 20.0 Å². The van der Waals surface area contributed by atoms with Crippen molar-refractivity contribution in [2.75, 3.05) is 31.1 Å². The Hall–Kier alpha value is -2.48. The molecule has 23 heavy (non-hydrogen) atoms. The molecule has 0 unspecified atom stereocenters. The number of fused-ring (bicyclic) bond motifs is 1. The number of hydrogen-bond acceptors (Lipinski definition) is 6. The topological polar surface area (TPSA) is 66.6 Å². The van der Waals surface area contributed by atoms with Gasteiger partial charge in [-0.1, -0.05) is 6.07 Å². The summed E-state index contributed by atoms with van der Waals surface area (Å²) in [4.78, 5) is 25.9. The molecule has 0 aromatic carbocycles. The lowest BCUT2D eigenvalue weighted by molar-refractivity contribution is 0.0751. The van der Waals surface area contributed by atoms with Crippen molar-refractivity contribution in [3.63, 3.8) is 0 Å². The molecule has 1 aliphatic rings. The average Bonchev–Trinajstić information content (AvgIpc) is 3.22. The Morgan fingerprint density at radius 1 is 1.22 bits per heavy atom. The molecular weight excluding hydrogens is 312 g/mol. The first-order valence-corrected chi connectivity index (χ1v) is 8.35. The van der Waals surface area contributed by atoms with Gasteiger partial charge < -0.3 is 9.80 Å². The highest BCUT2D eigenvalue weighted by Crippen LogP contribution is 2.18. The SMILES string of the molecule is Cc1nc2cncc(N3CCN(C(=O)c4cccs4)CC3)n2n1. The predicted octanol–water partition coefficient (Wildman–Crippen LogP) is 1.46. The summed E-state index contributed by atoms with van der Waals surface area (Å²) < 4.78 is 1.82. The number of aromatic nitrogens is 4. The van der Waals surface area contributed by atoms with Crippen LogP contribution in [0.5, 0.6) is 0 Å². The Morgan fingerprint density at radius 2 is 2.04 bits per heavy atom. The minimum absolute atomic E-state index is 0.118. The van der Waals surface area contributed by atoms with E-state index in [-0.39, 0.29) is 5.91 Å². The van der Waals surface area contributed by atoms with E-state index >= 15 is 0 Å². The lowest BCUT2D eigenvalue weighted by atomic mass is 10.3. The minimum Gasteiger partial charge on any atom is -0.352 e. The molecule has 0 bridgehead atoms. The van der Waals surface area contributed by atoms with Crippen LogP contribution < -0.4 is 4.90 Å². The fraction of sp³-hybridized carbons (Fsp3) is 0.333. The third-order valence-electron chi connectivity index (χ3n) is 3.96. The van der Waals surface area contributed by atoms with Gasteiger partial charge in [-0.3, -0.25) is 9.78 Å². The maximum atomic E-state index is 12.4. The first-order valence-electron chi connectivity index (χ1n) is 7.47. The second-order valence-electron chi connectivity index (χ2n) is 5.45. The molecule has 0 radical (unpaired) electrons. The number of hydrogen-bond donors (Lipinski definition) is 0. The molecule has 118 valence electrons. The summed E-state index contributed by atoms with van der Waals surface area (Å²) in [6.45, 7) is 4.78. The first kappa shape index (κ1) is 14.1. The molecule has 0 atom stereocenters. The minimum atomic E-state index is 0.118. The zero-order chi connectivity index (χ0) is 15.8. The van der Waals surface area contributed by atoms with Gasteiger partial charge in [0.1, 0.15) is 5.82 Å². The highest BCUT2D eigenvalue weighted by molar-refractivity contribution is 7.12. The van der Waals surface area contributed by atoms with Crippen molar-refractivity contribution in [2.45, 2.75) is 6.92 Å². The molecule has 1 aliphatic heterocycles. The first-order chi connectivity index (χ1) is 11.2. The zero-order valence-corrected chi connectivity index (χ0v) is 13.5. The molecule has 0 saturated carbocycles. The third kappa shape index (κ3) is 2.55. The summed E-state index contributed by atoms with van der Waals surface area (Å²) in [6.07, 6.45) is 3.51. The van der Waals surface area contributed by atoms with Gasteiger partial charge in [0.05, 0.1) is 17.3 Å². The van der Waals surface area contributed by atoms with Gasteiger partial charge in [0.25, 0.3) is 5.91 Å². The van der Waals surface area contributed by atoms with Crippen LogP contribution in [-0.4, -0.2) is 56.6 Å². The van der Waals surface area contributed by atoms with Gasteiger partial charge in [0.15, 0.2) is 11.5 Å². The normalized spacial score (nSPS) is 15.3. The lowest BCUT2D eigenvalue weighted by Crippen LogP contribution is -2.49. The van der Waals surface area contributed by atoms with Crippen LogP contribution in [0, 0.1) is 6.92 Å². The second-order valence-corrected chi connectivity index (χ2v) is 6.40. The van der Waals surface area contributed by atoms with Crippen molar-refractivity contribution in [3.05, 3.63) is 40.6 Å². The summed E-state index contributed by atoms with van der Waals surface area (Å²) in [6, 6.07) is 3.79. The molecule has 7 nitrogen and oxygen atoms in total. The lowest BCUT2D eigenvalue weighted by Gasteiger charge is -2.35.